The van der Waals surface area contributed by atoms with E-state index in [-0.39, 0.29) is 18.4 Å². The Bertz CT molecular complexity index is 1140. The van der Waals surface area contributed by atoms with Gasteiger partial charge in [0.2, 0.25) is 5.91 Å². The number of amides is 2. The number of carbonyl (C=O) groups excluding carboxylic acids is 2. The molecule has 1 aliphatic heterocycles. The van der Waals surface area contributed by atoms with Gasteiger partial charge in [-0.05, 0) is 31.2 Å². The van der Waals surface area contributed by atoms with Crippen LogP contribution in [0.1, 0.15) is 16.1 Å². The molecule has 0 atom stereocenters. The van der Waals surface area contributed by atoms with Crippen molar-refractivity contribution >= 4 is 29.1 Å². The number of hydrogen-bond donors (Lipinski definition) is 1. The second-order valence-electron chi connectivity index (χ2n) is 7.60. The van der Waals surface area contributed by atoms with Crippen molar-refractivity contribution in [3.63, 3.8) is 0 Å². The fourth-order valence-electron chi connectivity index (χ4n) is 3.72. The molecule has 2 amide bonds. The van der Waals surface area contributed by atoms with Crippen molar-refractivity contribution in [2.24, 2.45) is 0 Å². The van der Waals surface area contributed by atoms with Crippen LogP contribution in [0.4, 0.5) is 10.1 Å². The molecule has 1 aliphatic rings. The van der Waals surface area contributed by atoms with Crippen LogP contribution in [0.15, 0.2) is 54.7 Å². The van der Waals surface area contributed by atoms with Gasteiger partial charge in [0, 0.05) is 26.2 Å². The summed E-state index contributed by atoms with van der Waals surface area (Å²) in [5.41, 5.74) is 1.91. The first-order valence-corrected chi connectivity index (χ1v) is 10.7. The van der Waals surface area contributed by atoms with E-state index in [1.54, 1.807) is 48.2 Å². The van der Waals surface area contributed by atoms with Crippen molar-refractivity contribution in [3.8, 4) is 5.69 Å². The minimum absolute atomic E-state index is 0.148. The molecule has 2 aromatic carbocycles. The van der Waals surface area contributed by atoms with Crippen molar-refractivity contribution < 1.29 is 14.0 Å². The summed E-state index contributed by atoms with van der Waals surface area (Å²) >= 11 is 6.09. The first-order chi connectivity index (χ1) is 15.4. The number of anilines is 1. The number of para-hydroxylation sites is 2. The monoisotopic (exact) mass is 455 g/mol. The van der Waals surface area contributed by atoms with E-state index in [4.69, 9.17) is 11.6 Å². The maximum atomic E-state index is 14.1. The van der Waals surface area contributed by atoms with Gasteiger partial charge in [-0.15, -0.1) is 0 Å². The van der Waals surface area contributed by atoms with E-state index in [0.29, 0.717) is 53.8 Å². The lowest BCUT2D eigenvalue weighted by atomic mass is 10.2. The van der Waals surface area contributed by atoms with Gasteiger partial charge >= 0.3 is 0 Å². The van der Waals surface area contributed by atoms with Gasteiger partial charge in [0.25, 0.3) is 5.91 Å². The fourth-order valence-corrected chi connectivity index (χ4v) is 3.90. The lowest BCUT2D eigenvalue weighted by molar-refractivity contribution is -0.117. The Morgan fingerprint density at radius 3 is 2.47 bits per heavy atom. The Morgan fingerprint density at radius 1 is 1.06 bits per heavy atom. The number of carbonyl (C=O) groups is 2. The first-order valence-electron chi connectivity index (χ1n) is 10.3. The summed E-state index contributed by atoms with van der Waals surface area (Å²) in [6.45, 7) is 4.09. The molecule has 1 N–H and O–H groups in total. The fraction of sp³-hybridized carbons (Fsp3) is 0.261. The number of aromatic nitrogens is 2. The summed E-state index contributed by atoms with van der Waals surface area (Å²) in [6.07, 6.45) is 1.48. The third-order valence-corrected chi connectivity index (χ3v) is 5.83. The Labute approximate surface area is 190 Å². The van der Waals surface area contributed by atoms with Crippen LogP contribution in [0, 0.1) is 12.7 Å². The molecule has 1 fully saturated rings. The van der Waals surface area contributed by atoms with E-state index < -0.39 is 5.82 Å². The van der Waals surface area contributed by atoms with Crippen LogP contribution in [0.3, 0.4) is 0 Å². The molecule has 32 heavy (non-hydrogen) atoms. The molecule has 3 aromatic rings. The highest BCUT2D eigenvalue weighted by atomic mass is 35.5. The molecule has 0 bridgehead atoms. The van der Waals surface area contributed by atoms with Crippen LogP contribution in [0.2, 0.25) is 5.02 Å². The largest absolute Gasteiger partial charge is 0.336 e. The molecule has 1 aromatic heterocycles. The van der Waals surface area contributed by atoms with E-state index in [9.17, 15) is 14.0 Å². The predicted molar refractivity (Wildman–Crippen MR) is 121 cm³/mol. The average molecular weight is 456 g/mol. The second kappa shape index (κ2) is 9.50. The van der Waals surface area contributed by atoms with Crippen molar-refractivity contribution in [1.29, 1.82) is 0 Å². The Hall–Kier alpha value is -3.23. The number of nitrogens with zero attached hydrogens (tertiary/aromatic N) is 4. The maximum Gasteiger partial charge on any atom is 0.257 e. The smallest absolute Gasteiger partial charge is 0.257 e. The van der Waals surface area contributed by atoms with Crippen LogP contribution in [-0.2, 0) is 4.79 Å². The molecular formula is C23H23ClFN5O2. The van der Waals surface area contributed by atoms with E-state index in [1.807, 2.05) is 11.0 Å². The molecular weight excluding hydrogens is 433 g/mol. The zero-order valence-electron chi connectivity index (χ0n) is 17.6. The van der Waals surface area contributed by atoms with Crippen LogP contribution < -0.4 is 5.32 Å². The molecule has 2 heterocycles. The lowest BCUT2D eigenvalue weighted by Gasteiger charge is -2.34. The summed E-state index contributed by atoms with van der Waals surface area (Å²) in [6, 6.07) is 13.4. The zero-order chi connectivity index (χ0) is 22.7. The Morgan fingerprint density at radius 2 is 1.75 bits per heavy atom. The molecule has 0 aliphatic carbocycles. The third kappa shape index (κ3) is 4.66. The zero-order valence-corrected chi connectivity index (χ0v) is 18.3. The van der Waals surface area contributed by atoms with Crippen LogP contribution in [0.5, 0.6) is 0 Å². The van der Waals surface area contributed by atoms with Crippen LogP contribution in [0.25, 0.3) is 5.69 Å². The van der Waals surface area contributed by atoms with Gasteiger partial charge < -0.3 is 10.2 Å². The molecule has 0 unspecified atom stereocenters. The van der Waals surface area contributed by atoms with Gasteiger partial charge in [0.15, 0.2) is 0 Å². The summed E-state index contributed by atoms with van der Waals surface area (Å²) in [5.74, 6) is -0.702. The summed E-state index contributed by atoms with van der Waals surface area (Å²) in [4.78, 5) is 29.1. The molecule has 7 nitrogen and oxygen atoms in total. The molecule has 0 spiro atoms. The van der Waals surface area contributed by atoms with E-state index >= 15 is 0 Å². The van der Waals surface area contributed by atoms with Crippen molar-refractivity contribution in [2.45, 2.75) is 6.92 Å². The minimum Gasteiger partial charge on any atom is -0.336 e. The quantitative estimate of drug-likeness (QED) is 0.640. The summed E-state index contributed by atoms with van der Waals surface area (Å²) in [7, 11) is 0. The van der Waals surface area contributed by atoms with Crippen LogP contribution in [-0.4, -0.2) is 64.1 Å². The molecule has 1 saturated heterocycles. The molecule has 0 radical (unpaired) electrons. The van der Waals surface area contributed by atoms with Gasteiger partial charge in [0.05, 0.1) is 34.7 Å². The molecule has 0 saturated carbocycles. The van der Waals surface area contributed by atoms with Gasteiger partial charge in [-0.1, -0.05) is 35.9 Å². The highest BCUT2D eigenvalue weighted by molar-refractivity contribution is 6.33. The number of rotatable bonds is 5. The van der Waals surface area contributed by atoms with Crippen molar-refractivity contribution in [1.82, 2.24) is 19.6 Å². The minimum atomic E-state index is -0.401. The number of piperazine rings is 1. The van der Waals surface area contributed by atoms with Crippen LogP contribution >= 0.6 is 11.6 Å². The van der Waals surface area contributed by atoms with E-state index in [2.05, 4.69) is 10.4 Å². The average Bonchev–Trinajstić information content (AvgIpc) is 3.17. The normalized spacial score (nSPS) is 14.4. The first kappa shape index (κ1) is 22.0. The van der Waals surface area contributed by atoms with Crippen molar-refractivity contribution in [3.05, 3.63) is 76.8 Å². The molecule has 9 heteroatoms. The third-order valence-electron chi connectivity index (χ3n) is 5.50. The second-order valence-corrected chi connectivity index (χ2v) is 8.01. The van der Waals surface area contributed by atoms with Gasteiger partial charge in [-0.25, -0.2) is 9.07 Å². The topological polar surface area (TPSA) is 70.5 Å². The SMILES string of the molecule is Cc1c(C(=O)N2CCN(CC(=O)Nc3ccccc3Cl)CC2)cnn1-c1ccccc1F. The van der Waals surface area contributed by atoms with E-state index in [1.165, 1.54) is 16.9 Å². The Balaban J connectivity index is 1.35. The molecule has 4 rings (SSSR count). The number of nitrogens with one attached hydrogen (secondary N) is 1. The standard InChI is InChI=1S/C23H23ClFN5O2/c1-16-17(14-26-30(16)21-9-5-3-7-19(21)25)23(32)29-12-10-28(11-13-29)15-22(31)27-20-8-4-2-6-18(20)24/h2-9,14H,10-13,15H2,1H3,(H,27,31). The van der Waals surface area contributed by atoms with E-state index in [0.717, 1.165) is 0 Å². The predicted octanol–water partition coefficient (Wildman–Crippen LogP) is 3.37. The lowest BCUT2D eigenvalue weighted by Crippen LogP contribution is -2.50. The molecule has 166 valence electrons. The highest BCUT2D eigenvalue weighted by Gasteiger charge is 2.26. The van der Waals surface area contributed by atoms with Gasteiger partial charge in [0.1, 0.15) is 11.5 Å². The number of halogens is 2. The number of hydrogen-bond acceptors (Lipinski definition) is 4. The Kier molecular flexibility index (Phi) is 6.53. The highest BCUT2D eigenvalue weighted by Crippen LogP contribution is 2.21. The van der Waals surface area contributed by atoms with Gasteiger partial charge in [-0.2, -0.15) is 5.10 Å². The number of benzene rings is 2. The summed E-state index contributed by atoms with van der Waals surface area (Å²) < 4.78 is 15.6. The summed E-state index contributed by atoms with van der Waals surface area (Å²) in [5, 5.41) is 7.52. The van der Waals surface area contributed by atoms with Gasteiger partial charge in [-0.3, -0.25) is 14.5 Å². The maximum absolute atomic E-state index is 14.1. The van der Waals surface area contributed by atoms with Crippen molar-refractivity contribution in [2.75, 3.05) is 38.0 Å².